The van der Waals surface area contributed by atoms with E-state index >= 15 is 0 Å². The molecule has 2 aromatic heterocycles. The molecule has 1 atom stereocenters. The molecule has 0 fully saturated rings. The topological polar surface area (TPSA) is 81.5 Å². The Hall–Kier alpha value is -3.07. The summed E-state index contributed by atoms with van der Waals surface area (Å²) in [6, 6.07) is 16.8. The zero-order valence-electron chi connectivity index (χ0n) is 18.1. The Morgan fingerprint density at radius 1 is 1.06 bits per heavy atom. The van der Waals surface area contributed by atoms with Crippen molar-refractivity contribution in [2.45, 2.75) is 38.6 Å². The zero-order valence-corrected chi connectivity index (χ0v) is 19.8. The number of benzene rings is 2. The van der Waals surface area contributed by atoms with Crippen LogP contribution in [-0.2, 0) is 28.2 Å². The number of hydrogen-bond acceptors (Lipinski definition) is 8. The minimum atomic E-state index is -1.85. The summed E-state index contributed by atoms with van der Waals surface area (Å²) in [5.41, 5.74) is 4.05. The molecule has 0 spiro atoms. The zero-order chi connectivity index (χ0) is 23.0. The first kappa shape index (κ1) is 21.8. The van der Waals surface area contributed by atoms with Crippen LogP contribution < -0.4 is 4.74 Å². The number of ether oxygens (including phenoxy) is 2. The molecule has 6 nitrogen and oxygen atoms in total. The van der Waals surface area contributed by atoms with E-state index in [1.807, 2.05) is 49.6 Å². The quantitative estimate of drug-likeness (QED) is 0.376. The molecule has 1 unspecified atom stereocenters. The van der Waals surface area contributed by atoms with Gasteiger partial charge in [-0.2, -0.15) is 8.75 Å². The molecule has 1 aliphatic heterocycles. The van der Waals surface area contributed by atoms with Gasteiger partial charge in [-0.05, 0) is 67.3 Å². The van der Waals surface area contributed by atoms with E-state index < -0.39 is 11.8 Å². The third kappa shape index (κ3) is 4.29. The minimum Gasteiger partial charge on any atom is -0.491 e. The first-order valence-electron chi connectivity index (χ1n) is 10.6. The molecule has 3 heterocycles. The molecule has 0 aliphatic carbocycles. The summed E-state index contributed by atoms with van der Waals surface area (Å²) < 4.78 is 19.9. The van der Waals surface area contributed by atoms with Crippen LogP contribution in [0.4, 0.5) is 0 Å². The fourth-order valence-corrected chi connectivity index (χ4v) is 5.22. The lowest BCUT2D eigenvalue weighted by Crippen LogP contribution is -2.29. The lowest BCUT2D eigenvalue weighted by molar-refractivity contribution is -0.186. The Bertz CT molecular complexity index is 1330. The van der Waals surface area contributed by atoms with Gasteiger partial charge in [-0.15, -0.1) is 11.3 Å². The van der Waals surface area contributed by atoms with E-state index in [4.69, 9.17) is 9.47 Å². The molecular weight excluding hydrogens is 456 g/mol. The Balaban J connectivity index is 1.56. The summed E-state index contributed by atoms with van der Waals surface area (Å²) in [6.07, 6.45) is 0.787. The summed E-state index contributed by atoms with van der Waals surface area (Å²) >= 11 is 2.73. The molecule has 0 saturated carbocycles. The summed E-state index contributed by atoms with van der Waals surface area (Å²) in [5.74, 6) is -1.66. The Kier molecular flexibility index (Phi) is 5.74. The predicted molar refractivity (Wildman–Crippen MR) is 128 cm³/mol. The van der Waals surface area contributed by atoms with Crippen molar-refractivity contribution in [3.63, 3.8) is 0 Å². The van der Waals surface area contributed by atoms with Crippen LogP contribution >= 0.6 is 23.1 Å². The summed E-state index contributed by atoms with van der Waals surface area (Å²) in [7, 11) is 0. The molecule has 1 aliphatic rings. The van der Waals surface area contributed by atoms with E-state index in [1.54, 1.807) is 35.6 Å². The number of aliphatic hydroxyl groups is 1. The van der Waals surface area contributed by atoms with Crippen molar-refractivity contribution in [2.75, 3.05) is 0 Å². The lowest BCUT2D eigenvalue weighted by atomic mass is 9.89. The molecule has 5 rings (SSSR count). The SMILES string of the molecule is CC(C)Oc1ccc(C2(O)OC(=O)C(Cc3cccs3)=C2Cc2ccc3nsnc3c2)cc1. The highest BCUT2D eigenvalue weighted by molar-refractivity contribution is 7.09. The van der Waals surface area contributed by atoms with Gasteiger partial charge in [0.15, 0.2) is 0 Å². The first-order valence-corrected chi connectivity index (χ1v) is 12.2. The number of cyclic esters (lactones) is 1. The van der Waals surface area contributed by atoms with Gasteiger partial charge in [0, 0.05) is 34.4 Å². The maximum atomic E-state index is 13.0. The second kappa shape index (κ2) is 8.70. The van der Waals surface area contributed by atoms with Gasteiger partial charge in [0.2, 0.25) is 0 Å². The fourth-order valence-electron chi connectivity index (χ4n) is 3.98. The van der Waals surface area contributed by atoms with Gasteiger partial charge in [0.25, 0.3) is 5.79 Å². The fraction of sp³-hybridized carbons (Fsp3) is 0.240. The highest BCUT2D eigenvalue weighted by Crippen LogP contribution is 2.43. The third-order valence-corrected chi connectivity index (χ3v) is 6.94. The van der Waals surface area contributed by atoms with Crippen molar-refractivity contribution in [2.24, 2.45) is 0 Å². The number of thiophene rings is 1. The summed E-state index contributed by atoms with van der Waals surface area (Å²) in [4.78, 5) is 14.0. The van der Waals surface area contributed by atoms with Crippen LogP contribution in [-0.4, -0.2) is 25.9 Å². The Morgan fingerprint density at radius 2 is 1.85 bits per heavy atom. The van der Waals surface area contributed by atoms with Crippen molar-refractivity contribution in [1.29, 1.82) is 0 Å². The molecule has 0 saturated heterocycles. The van der Waals surface area contributed by atoms with Gasteiger partial charge < -0.3 is 14.6 Å². The highest BCUT2D eigenvalue weighted by Gasteiger charge is 2.47. The van der Waals surface area contributed by atoms with Gasteiger partial charge >= 0.3 is 5.97 Å². The number of fused-ring (bicyclic) bond motifs is 1. The lowest BCUT2D eigenvalue weighted by Gasteiger charge is -2.26. The van der Waals surface area contributed by atoms with Crippen molar-refractivity contribution in [3.05, 3.63) is 87.1 Å². The standard InChI is InChI=1S/C25H22N2O4S2/c1-15(2)30-18-8-6-17(7-9-18)25(29)21(12-16-5-10-22-23(13-16)27-33-26-22)20(24(28)31-25)14-19-4-3-11-32-19/h3-11,13,15,29H,12,14H2,1-2H3. The monoisotopic (exact) mass is 478 g/mol. The maximum Gasteiger partial charge on any atom is 0.337 e. The van der Waals surface area contributed by atoms with E-state index in [1.165, 1.54) is 0 Å². The van der Waals surface area contributed by atoms with Crippen LogP contribution in [0.3, 0.4) is 0 Å². The number of carbonyl (C=O) groups excluding carboxylic acids is 1. The van der Waals surface area contributed by atoms with E-state index in [9.17, 15) is 9.90 Å². The smallest absolute Gasteiger partial charge is 0.337 e. The average molecular weight is 479 g/mol. The molecule has 168 valence electrons. The highest BCUT2D eigenvalue weighted by atomic mass is 32.1. The average Bonchev–Trinajstić information content (AvgIpc) is 3.51. The molecule has 1 N–H and O–H groups in total. The Labute approximate surface area is 199 Å². The molecule has 0 radical (unpaired) electrons. The number of nitrogens with zero attached hydrogens (tertiary/aromatic N) is 2. The maximum absolute atomic E-state index is 13.0. The number of rotatable bonds is 7. The minimum absolute atomic E-state index is 0.0335. The van der Waals surface area contributed by atoms with E-state index in [0.29, 0.717) is 35.3 Å². The van der Waals surface area contributed by atoms with Gasteiger partial charge in [-0.25, -0.2) is 4.79 Å². The van der Waals surface area contributed by atoms with Gasteiger partial charge in [0.1, 0.15) is 16.8 Å². The van der Waals surface area contributed by atoms with Crippen LogP contribution in [0, 0.1) is 0 Å². The number of hydrogen-bond donors (Lipinski definition) is 1. The van der Waals surface area contributed by atoms with E-state index in [-0.39, 0.29) is 6.10 Å². The Morgan fingerprint density at radius 3 is 2.58 bits per heavy atom. The molecule has 4 aromatic rings. The summed E-state index contributed by atoms with van der Waals surface area (Å²) in [5, 5.41) is 13.7. The van der Waals surface area contributed by atoms with E-state index in [2.05, 4.69) is 8.75 Å². The molecule has 0 amide bonds. The van der Waals surface area contributed by atoms with Crippen molar-refractivity contribution in [3.8, 4) is 5.75 Å². The molecule has 2 aromatic carbocycles. The molecule has 33 heavy (non-hydrogen) atoms. The van der Waals surface area contributed by atoms with Crippen molar-refractivity contribution < 1.29 is 19.4 Å². The second-order valence-electron chi connectivity index (χ2n) is 8.20. The second-order valence-corrected chi connectivity index (χ2v) is 9.76. The van der Waals surface area contributed by atoms with Crippen LogP contribution in [0.2, 0.25) is 0 Å². The van der Waals surface area contributed by atoms with Crippen molar-refractivity contribution >= 4 is 40.1 Å². The van der Waals surface area contributed by atoms with Crippen molar-refractivity contribution in [1.82, 2.24) is 8.75 Å². The molecule has 8 heteroatoms. The largest absolute Gasteiger partial charge is 0.491 e. The summed E-state index contributed by atoms with van der Waals surface area (Å²) in [6.45, 7) is 3.90. The predicted octanol–water partition coefficient (Wildman–Crippen LogP) is 5.02. The van der Waals surface area contributed by atoms with Gasteiger partial charge in [-0.1, -0.05) is 12.1 Å². The van der Waals surface area contributed by atoms with Crippen LogP contribution in [0.1, 0.15) is 29.9 Å². The van der Waals surface area contributed by atoms with Crippen LogP contribution in [0.25, 0.3) is 11.0 Å². The van der Waals surface area contributed by atoms with Crippen LogP contribution in [0.15, 0.2) is 71.1 Å². The molecular formula is C25H22N2O4S2. The van der Waals surface area contributed by atoms with Crippen LogP contribution in [0.5, 0.6) is 5.75 Å². The molecule has 0 bridgehead atoms. The normalized spacial score (nSPS) is 18.4. The van der Waals surface area contributed by atoms with E-state index in [0.717, 1.165) is 33.2 Å². The third-order valence-electron chi connectivity index (χ3n) is 5.51. The number of esters is 1. The number of carbonyl (C=O) groups is 1. The number of aromatic nitrogens is 2. The van der Waals surface area contributed by atoms with Gasteiger partial charge in [0.05, 0.1) is 17.8 Å². The van der Waals surface area contributed by atoms with Gasteiger partial charge in [-0.3, -0.25) is 0 Å². The first-order chi connectivity index (χ1) is 15.9.